The highest BCUT2D eigenvalue weighted by atomic mass is 32.2. The molecule has 0 saturated heterocycles. The minimum atomic E-state index is -2.99. The van der Waals surface area contributed by atoms with Gasteiger partial charge in [0, 0.05) is 11.8 Å². The first-order valence-corrected chi connectivity index (χ1v) is 9.33. The van der Waals surface area contributed by atoms with Crippen LogP contribution >= 0.6 is 0 Å². The average Bonchev–Trinajstić information content (AvgIpc) is 2.46. The summed E-state index contributed by atoms with van der Waals surface area (Å²) in [6.07, 6.45) is 4.64. The van der Waals surface area contributed by atoms with Crippen LogP contribution in [0.15, 0.2) is 24.3 Å². The predicted molar refractivity (Wildman–Crippen MR) is 85.1 cm³/mol. The Morgan fingerprint density at radius 2 is 1.86 bits per heavy atom. The third-order valence-electron chi connectivity index (χ3n) is 4.79. The van der Waals surface area contributed by atoms with Crippen LogP contribution in [0, 0.1) is 5.92 Å². The third-order valence-corrected chi connectivity index (χ3v) is 6.43. The minimum Gasteiger partial charge on any atom is -0.497 e. The molecule has 1 aromatic carbocycles. The molecule has 5 heteroatoms. The van der Waals surface area contributed by atoms with Crippen molar-refractivity contribution in [3.63, 3.8) is 0 Å². The van der Waals surface area contributed by atoms with E-state index in [4.69, 9.17) is 10.5 Å². The second kappa shape index (κ2) is 5.97. The maximum absolute atomic E-state index is 11.8. The van der Waals surface area contributed by atoms with Gasteiger partial charge in [0.1, 0.15) is 15.6 Å². The van der Waals surface area contributed by atoms with Crippen LogP contribution in [0.2, 0.25) is 0 Å². The summed E-state index contributed by atoms with van der Waals surface area (Å²) in [6, 6.07) is 7.75. The van der Waals surface area contributed by atoms with Crippen LogP contribution in [0.3, 0.4) is 0 Å². The smallest absolute Gasteiger partial charge is 0.150 e. The molecule has 0 aliphatic heterocycles. The van der Waals surface area contributed by atoms with Crippen molar-refractivity contribution in [1.29, 1.82) is 0 Å². The normalized spacial score (nSPS) is 26.1. The number of benzene rings is 1. The van der Waals surface area contributed by atoms with Gasteiger partial charge in [-0.2, -0.15) is 0 Å². The zero-order chi connectivity index (χ0) is 15.7. The highest BCUT2D eigenvalue weighted by molar-refractivity contribution is 7.91. The highest BCUT2D eigenvalue weighted by Crippen LogP contribution is 2.39. The molecule has 0 aromatic heterocycles. The molecule has 4 nitrogen and oxygen atoms in total. The molecule has 1 fully saturated rings. The number of methoxy groups -OCH3 is 1. The first-order chi connectivity index (χ1) is 9.75. The lowest BCUT2D eigenvalue weighted by atomic mass is 9.72. The van der Waals surface area contributed by atoms with Crippen molar-refractivity contribution >= 4 is 9.84 Å². The summed E-state index contributed by atoms with van der Waals surface area (Å²) in [7, 11) is -1.35. The van der Waals surface area contributed by atoms with E-state index >= 15 is 0 Å². The van der Waals surface area contributed by atoms with E-state index in [-0.39, 0.29) is 11.2 Å². The standard InChI is InChI=1S/C16H25NO3S/c1-16(17,12-7-9-14(20-2)10-8-12)13-5-4-6-15(11-13)21(3,18)19/h7-10,13,15H,4-6,11,17H2,1-3H3. The first kappa shape index (κ1) is 16.3. The molecule has 3 unspecified atom stereocenters. The van der Waals surface area contributed by atoms with Gasteiger partial charge in [0.15, 0.2) is 0 Å². The van der Waals surface area contributed by atoms with Gasteiger partial charge < -0.3 is 10.5 Å². The van der Waals surface area contributed by atoms with Gasteiger partial charge in [-0.15, -0.1) is 0 Å². The van der Waals surface area contributed by atoms with Crippen LogP contribution < -0.4 is 10.5 Å². The Hall–Kier alpha value is -1.07. The lowest BCUT2D eigenvalue weighted by molar-refractivity contribution is 0.225. The fraction of sp³-hybridized carbons (Fsp3) is 0.625. The summed E-state index contributed by atoms with van der Waals surface area (Å²) >= 11 is 0. The van der Waals surface area contributed by atoms with Crippen LogP contribution in [0.5, 0.6) is 5.75 Å². The Kier molecular flexibility index (Phi) is 4.63. The quantitative estimate of drug-likeness (QED) is 0.927. The van der Waals surface area contributed by atoms with Crippen molar-refractivity contribution in [3.8, 4) is 5.75 Å². The van der Waals surface area contributed by atoms with Gasteiger partial charge in [0.25, 0.3) is 0 Å². The Labute approximate surface area is 127 Å². The molecule has 2 N–H and O–H groups in total. The van der Waals surface area contributed by atoms with E-state index in [1.54, 1.807) is 7.11 Å². The topological polar surface area (TPSA) is 69.4 Å². The van der Waals surface area contributed by atoms with Crippen LogP contribution in [-0.2, 0) is 15.4 Å². The number of rotatable bonds is 4. The number of nitrogens with two attached hydrogens (primary N) is 1. The largest absolute Gasteiger partial charge is 0.497 e. The lowest BCUT2D eigenvalue weighted by Crippen LogP contribution is -2.45. The zero-order valence-electron chi connectivity index (χ0n) is 13.0. The number of sulfone groups is 1. The van der Waals surface area contributed by atoms with Crippen molar-refractivity contribution < 1.29 is 13.2 Å². The summed E-state index contributed by atoms with van der Waals surface area (Å²) in [6.45, 7) is 2.00. The van der Waals surface area contributed by atoms with Gasteiger partial charge in [-0.05, 0) is 49.8 Å². The van der Waals surface area contributed by atoms with Gasteiger partial charge in [0.05, 0.1) is 12.4 Å². The van der Waals surface area contributed by atoms with E-state index in [2.05, 4.69) is 0 Å². The molecule has 1 aliphatic carbocycles. The number of hydrogen-bond acceptors (Lipinski definition) is 4. The molecule has 0 radical (unpaired) electrons. The molecular weight excluding hydrogens is 286 g/mol. The maximum atomic E-state index is 11.8. The zero-order valence-corrected chi connectivity index (χ0v) is 13.8. The molecule has 0 heterocycles. The van der Waals surface area contributed by atoms with Crippen LogP contribution in [0.1, 0.15) is 38.2 Å². The minimum absolute atomic E-state index is 0.180. The van der Waals surface area contributed by atoms with Gasteiger partial charge in [0.2, 0.25) is 0 Å². The number of ether oxygens (including phenoxy) is 1. The van der Waals surface area contributed by atoms with Crippen molar-refractivity contribution in [3.05, 3.63) is 29.8 Å². The first-order valence-electron chi connectivity index (χ1n) is 7.37. The maximum Gasteiger partial charge on any atom is 0.150 e. The second-order valence-electron chi connectivity index (χ2n) is 6.33. The monoisotopic (exact) mass is 311 g/mol. The van der Waals surface area contributed by atoms with Gasteiger partial charge in [-0.3, -0.25) is 0 Å². The molecule has 118 valence electrons. The molecule has 21 heavy (non-hydrogen) atoms. The average molecular weight is 311 g/mol. The molecule has 3 atom stereocenters. The van der Waals surface area contributed by atoms with Crippen molar-refractivity contribution in [1.82, 2.24) is 0 Å². The summed E-state index contributed by atoms with van der Waals surface area (Å²) in [5.74, 6) is 0.978. The van der Waals surface area contributed by atoms with Gasteiger partial charge in [-0.1, -0.05) is 18.6 Å². The Morgan fingerprint density at radius 1 is 1.24 bits per heavy atom. The van der Waals surface area contributed by atoms with E-state index in [0.717, 1.165) is 30.6 Å². The Bertz CT molecular complexity index is 578. The second-order valence-corrected chi connectivity index (χ2v) is 8.65. The third kappa shape index (κ3) is 3.58. The summed E-state index contributed by atoms with van der Waals surface area (Å²) in [5.41, 5.74) is 7.09. The molecule has 1 aromatic rings. The highest BCUT2D eigenvalue weighted by Gasteiger charge is 2.38. The van der Waals surface area contributed by atoms with Crippen molar-refractivity contribution in [2.75, 3.05) is 13.4 Å². The van der Waals surface area contributed by atoms with Crippen LogP contribution in [0.4, 0.5) is 0 Å². The lowest BCUT2D eigenvalue weighted by Gasteiger charge is -2.39. The molecular formula is C16H25NO3S. The summed E-state index contributed by atoms with van der Waals surface area (Å²) in [4.78, 5) is 0. The van der Waals surface area contributed by atoms with Crippen LogP contribution in [0.25, 0.3) is 0 Å². The molecule has 1 saturated carbocycles. The van der Waals surface area contributed by atoms with Crippen molar-refractivity contribution in [2.45, 2.75) is 43.4 Å². The number of hydrogen-bond donors (Lipinski definition) is 1. The molecule has 0 amide bonds. The molecule has 0 bridgehead atoms. The predicted octanol–water partition coefficient (Wildman–Crippen LogP) is 2.47. The Balaban J connectivity index is 2.21. The molecule has 2 rings (SSSR count). The van der Waals surface area contributed by atoms with E-state index in [1.165, 1.54) is 6.26 Å². The van der Waals surface area contributed by atoms with Crippen LogP contribution in [-0.4, -0.2) is 27.0 Å². The van der Waals surface area contributed by atoms with E-state index < -0.39 is 15.4 Å². The van der Waals surface area contributed by atoms with Crippen molar-refractivity contribution in [2.24, 2.45) is 11.7 Å². The van der Waals surface area contributed by atoms with E-state index in [9.17, 15) is 8.42 Å². The molecule has 1 aliphatic rings. The summed E-state index contributed by atoms with van der Waals surface area (Å²) in [5, 5.41) is -0.252. The molecule has 0 spiro atoms. The fourth-order valence-corrected chi connectivity index (χ4v) is 4.44. The SMILES string of the molecule is COc1ccc(C(C)(N)C2CCCC(S(C)(=O)=O)C2)cc1. The van der Waals surface area contributed by atoms with Gasteiger partial charge in [-0.25, -0.2) is 8.42 Å². The van der Waals surface area contributed by atoms with Gasteiger partial charge >= 0.3 is 0 Å². The fourth-order valence-electron chi connectivity index (χ4n) is 3.26. The van der Waals surface area contributed by atoms with E-state index in [0.29, 0.717) is 6.42 Å². The Morgan fingerprint density at radius 3 is 2.38 bits per heavy atom. The van der Waals surface area contributed by atoms with E-state index in [1.807, 2.05) is 31.2 Å². The summed E-state index contributed by atoms with van der Waals surface area (Å²) < 4.78 is 28.8.